The molecule has 0 saturated heterocycles. The Balaban J connectivity index is 4.00. The van der Waals surface area contributed by atoms with Gasteiger partial charge in [-0.1, -0.05) is 0 Å². The van der Waals surface area contributed by atoms with Crippen LogP contribution < -0.4 is 4.72 Å². The van der Waals surface area contributed by atoms with Crippen LogP contribution in [0.3, 0.4) is 0 Å². The number of sulfonamides is 1. The third-order valence-corrected chi connectivity index (χ3v) is 4.10. The first-order valence-electron chi connectivity index (χ1n) is 6.57. The minimum atomic E-state index is -5.17. The minimum absolute atomic E-state index is 0.0521. The Hall–Kier alpha value is -0.490. The maximum Gasteiger partial charge on any atom is 0.448 e. The Bertz CT molecular complexity index is 432. The zero-order chi connectivity index (χ0) is 17.7. The van der Waals surface area contributed by atoms with Gasteiger partial charge in [0.2, 0.25) is 10.0 Å². The van der Waals surface area contributed by atoms with Crippen LogP contribution in [0.4, 0.5) is 17.6 Å². The summed E-state index contributed by atoms with van der Waals surface area (Å²) in [6.45, 7) is -0.186. The fourth-order valence-corrected chi connectivity index (χ4v) is 2.45. The maximum absolute atomic E-state index is 13.0. The molecule has 0 aliphatic heterocycles. The van der Waals surface area contributed by atoms with Crippen molar-refractivity contribution >= 4 is 10.0 Å². The number of alkyl halides is 4. The molecule has 0 aromatic carbocycles. The number of hydrogen-bond acceptors (Lipinski definition) is 4. The second-order valence-electron chi connectivity index (χ2n) is 5.48. The average molecular weight is 354 g/mol. The largest absolute Gasteiger partial charge is 0.633 e. The zero-order valence-corrected chi connectivity index (χ0v) is 13.6. The Labute approximate surface area is 127 Å². The third-order valence-electron chi connectivity index (χ3n) is 2.63. The molecule has 1 unspecified atom stereocenters. The van der Waals surface area contributed by atoms with Crippen molar-refractivity contribution in [2.24, 2.45) is 0 Å². The van der Waals surface area contributed by atoms with Gasteiger partial charge in [0.05, 0.1) is 33.0 Å². The van der Waals surface area contributed by atoms with Gasteiger partial charge in [-0.25, -0.2) is 17.5 Å². The van der Waals surface area contributed by atoms with E-state index < -0.39 is 39.1 Å². The molecule has 0 radical (unpaired) electrons. The number of nitrogens with one attached hydrogen (secondary N) is 1. The highest BCUT2D eigenvalue weighted by Gasteiger charge is 2.53. The van der Waals surface area contributed by atoms with Crippen LogP contribution in [0, 0.1) is 5.21 Å². The topological polar surface area (TPSA) is 78.5 Å². The van der Waals surface area contributed by atoms with Crippen molar-refractivity contribution in [1.29, 1.82) is 0 Å². The van der Waals surface area contributed by atoms with Crippen molar-refractivity contribution in [3.63, 3.8) is 0 Å². The van der Waals surface area contributed by atoms with Gasteiger partial charge in [-0.2, -0.15) is 13.2 Å². The summed E-state index contributed by atoms with van der Waals surface area (Å²) in [5, 5.41) is 11.2. The van der Waals surface area contributed by atoms with Crippen molar-refractivity contribution in [3.8, 4) is 0 Å². The molecule has 0 aliphatic rings. The maximum atomic E-state index is 13.0. The van der Waals surface area contributed by atoms with E-state index in [-0.39, 0.29) is 26.4 Å². The van der Waals surface area contributed by atoms with Crippen LogP contribution in [0.5, 0.6) is 0 Å². The van der Waals surface area contributed by atoms with Crippen LogP contribution in [0.15, 0.2) is 0 Å². The monoisotopic (exact) mass is 354 g/mol. The molecule has 0 aromatic heterocycles. The van der Waals surface area contributed by atoms with Crippen molar-refractivity contribution in [2.75, 3.05) is 39.5 Å². The van der Waals surface area contributed by atoms with Crippen LogP contribution in [0.2, 0.25) is 0 Å². The van der Waals surface area contributed by atoms with Crippen LogP contribution in [0.1, 0.15) is 19.8 Å². The fourth-order valence-electron chi connectivity index (χ4n) is 1.35. The normalized spacial score (nSPS) is 16.5. The molecule has 1 atom stereocenters. The van der Waals surface area contributed by atoms with E-state index in [2.05, 4.69) is 9.46 Å². The molecule has 11 heteroatoms. The van der Waals surface area contributed by atoms with E-state index in [1.165, 1.54) is 14.1 Å². The van der Waals surface area contributed by atoms with E-state index >= 15 is 0 Å². The summed E-state index contributed by atoms with van der Waals surface area (Å²) in [5.41, 5.74) is 0. The summed E-state index contributed by atoms with van der Waals surface area (Å²) < 4.78 is 78.2. The van der Waals surface area contributed by atoms with Gasteiger partial charge in [0.25, 0.3) is 0 Å². The zero-order valence-electron chi connectivity index (χ0n) is 12.7. The molecule has 0 fully saturated rings. The summed E-state index contributed by atoms with van der Waals surface area (Å²) in [5.74, 6) is -4.29. The van der Waals surface area contributed by atoms with Gasteiger partial charge in [0.1, 0.15) is 0 Å². The van der Waals surface area contributed by atoms with Crippen molar-refractivity contribution < 1.29 is 35.4 Å². The Morgan fingerprint density at radius 1 is 1.18 bits per heavy atom. The quantitative estimate of drug-likeness (QED) is 0.279. The molecule has 0 heterocycles. The van der Waals surface area contributed by atoms with Gasteiger partial charge in [0.15, 0.2) is 0 Å². The summed E-state index contributed by atoms with van der Waals surface area (Å²) in [6.07, 6.45) is -5.13. The number of ether oxygens (including phenoxy) is 1. The standard InChI is InChI=1S/C11H22F4N2O4S/c1-10(12,11(13,14)15)21-8-5-9-22(19,20)16-6-4-7-17(2,3)18/h16H,4-9H2,1-3H3. The predicted octanol–water partition coefficient (Wildman–Crippen LogP) is 1.52. The summed E-state index contributed by atoms with van der Waals surface area (Å²) in [4.78, 5) is 0. The number of nitrogens with zero attached hydrogens (tertiary/aromatic N) is 1. The molecule has 0 saturated carbocycles. The highest BCUT2D eigenvalue weighted by atomic mass is 32.2. The van der Waals surface area contributed by atoms with E-state index in [1.54, 1.807) is 0 Å². The first-order chi connectivity index (χ1) is 9.66. The van der Waals surface area contributed by atoms with E-state index in [1.807, 2.05) is 0 Å². The first-order valence-corrected chi connectivity index (χ1v) is 8.22. The Kier molecular flexibility index (Phi) is 7.69. The number of quaternary nitrogens is 1. The molecule has 0 rings (SSSR count). The molecule has 0 aliphatic carbocycles. The molecule has 1 N–H and O–H groups in total. The van der Waals surface area contributed by atoms with E-state index in [0.717, 1.165) is 0 Å². The highest BCUT2D eigenvalue weighted by molar-refractivity contribution is 7.89. The highest BCUT2D eigenvalue weighted by Crippen LogP contribution is 2.34. The smallest absolute Gasteiger partial charge is 0.448 e. The first kappa shape index (κ1) is 21.5. The fraction of sp³-hybridized carbons (Fsp3) is 1.00. The van der Waals surface area contributed by atoms with Crippen molar-refractivity contribution in [1.82, 2.24) is 4.72 Å². The van der Waals surface area contributed by atoms with Crippen LogP contribution in [-0.4, -0.2) is 64.6 Å². The summed E-state index contributed by atoms with van der Waals surface area (Å²) in [7, 11) is -0.861. The lowest BCUT2D eigenvalue weighted by atomic mass is 10.3. The van der Waals surface area contributed by atoms with Crippen LogP contribution >= 0.6 is 0 Å². The second kappa shape index (κ2) is 7.86. The molecular weight excluding hydrogens is 332 g/mol. The second-order valence-corrected chi connectivity index (χ2v) is 7.41. The lowest BCUT2D eigenvalue weighted by Gasteiger charge is -2.33. The van der Waals surface area contributed by atoms with E-state index in [4.69, 9.17) is 0 Å². The summed E-state index contributed by atoms with van der Waals surface area (Å²) in [6, 6.07) is 0. The van der Waals surface area contributed by atoms with Crippen molar-refractivity contribution in [2.45, 2.75) is 31.8 Å². The van der Waals surface area contributed by atoms with Crippen molar-refractivity contribution in [3.05, 3.63) is 5.21 Å². The molecule has 6 nitrogen and oxygen atoms in total. The third kappa shape index (κ3) is 9.51. The van der Waals surface area contributed by atoms with Gasteiger partial charge in [-0.15, -0.1) is 0 Å². The number of rotatable bonds is 10. The van der Waals surface area contributed by atoms with Crippen LogP contribution in [0.25, 0.3) is 0 Å². The van der Waals surface area contributed by atoms with Gasteiger partial charge in [0, 0.05) is 19.9 Å². The van der Waals surface area contributed by atoms with E-state index in [0.29, 0.717) is 6.42 Å². The number of hydrogen-bond donors (Lipinski definition) is 1. The minimum Gasteiger partial charge on any atom is -0.633 e. The average Bonchev–Trinajstić information content (AvgIpc) is 2.28. The van der Waals surface area contributed by atoms with Gasteiger partial charge in [-0.05, 0) is 6.42 Å². The lowest BCUT2D eigenvalue weighted by Crippen LogP contribution is -2.41. The molecule has 0 bridgehead atoms. The van der Waals surface area contributed by atoms with Crippen LogP contribution in [-0.2, 0) is 14.8 Å². The van der Waals surface area contributed by atoms with Gasteiger partial charge < -0.3 is 14.6 Å². The molecule has 0 spiro atoms. The lowest BCUT2D eigenvalue weighted by molar-refractivity contribution is -0.840. The number of halogens is 4. The Morgan fingerprint density at radius 2 is 1.73 bits per heavy atom. The molecule has 22 heavy (non-hydrogen) atoms. The van der Waals surface area contributed by atoms with E-state index in [9.17, 15) is 31.2 Å². The summed E-state index contributed by atoms with van der Waals surface area (Å²) >= 11 is 0. The molecule has 134 valence electrons. The molecular formula is C11H22F4N2O4S. The Morgan fingerprint density at radius 3 is 2.18 bits per heavy atom. The number of hydroxylamine groups is 3. The van der Waals surface area contributed by atoms with Gasteiger partial charge >= 0.3 is 12.0 Å². The molecule has 0 amide bonds. The predicted molar refractivity (Wildman–Crippen MR) is 72.9 cm³/mol. The SMILES string of the molecule is CC(F)(OCCCS(=O)(=O)NCCC[N+](C)(C)[O-])C(F)(F)F. The van der Waals surface area contributed by atoms with Gasteiger partial charge in [-0.3, -0.25) is 0 Å². The molecule has 0 aromatic rings.